The molecule has 104 valence electrons. The van der Waals surface area contributed by atoms with Crippen molar-refractivity contribution in [1.29, 1.82) is 0 Å². The number of likely N-dealkylation sites (tertiary alicyclic amines) is 1. The van der Waals surface area contributed by atoms with Gasteiger partial charge in [-0.1, -0.05) is 0 Å². The first-order valence-corrected chi connectivity index (χ1v) is 6.43. The van der Waals surface area contributed by atoms with E-state index in [0.717, 1.165) is 38.2 Å². The molecule has 3 heterocycles. The zero-order valence-electron chi connectivity index (χ0n) is 10.7. The molecular formula is C13H16F3N3. The van der Waals surface area contributed by atoms with Gasteiger partial charge in [0.2, 0.25) is 0 Å². The zero-order chi connectivity index (χ0) is 13.6. The third-order valence-electron chi connectivity index (χ3n) is 4.22. The fourth-order valence-corrected chi connectivity index (χ4v) is 3.13. The third-order valence-corrected chi connectivity index (χ3v) is 4.22. The molecule has 2 saturated heterocycles. The van der Waals surface area contributed by atoms with Crippen LogP contribution in [0.3, 0.4) is 0 Å². The highest BCUT2D eigenvalue weighted by Crippen LogP contribution is 2.35. The van der Waals surface area contributed by atoms with Gasteiger partial charge in [-0.2, -0.15) is 13.2 Å². The van der Waals surface area contributed by atoms with Gasteiger partial charge < -0.3 is 9.80 Å². The van der Waals surface area contributed by atoms with Crippen LogP contribution in [0.5, 0.6) is 0 Å². The molecule has 0 spiro atoms. The topological polar surface area (TPSA) is 19.4 Å². The van der Waals surface area contributed by atoms with Gasteiger partial charge in [-0.05, 0) is 38.1 Å². The summed E-state index contributed by atoms with van der Waals surface area (Å²) in [5, 5.41) is 0. The van der Waals surface area contributed by atoms with Crippen molar-refractivity contribution in [2.45, 2.75) is 18.6 Å². The van der Waals surface area contributed by atoms with E-state index in [1.807, 2.05) is 4.90 Å². The fourth-order valence-electron chi connectivity index (χ4n) is 3.13. The van der Waals surface area contributed by atoms with Gasteiger partial charge in [-0.3, -0.25) is 0 Å². The van der Waals surface area contributed by atoms with Crippen molar-refractivity contribution in [2.24, 2.45) is 5.92 Å². The Hall–Kier alpha value is -1.30. The van der Waals surface area contributed by atoms with Crippen molar-refractivity contribution in [3.05, 3.63) is 23.9 Å². The predicted octanol–water partition coefficient (Wildman–Crippen LogP) is 2.24. The fraction of sp³-hybridized carbons (Fsp3) is 0.615. The average Bonchev–Trinajstić information content (AvgIpc) is 2.91. The number of fused-ring (bicyclic) bond motifs is 1. The first kappa shape index (κ1) is 12.7. The number of hydrogen-bond acceptors (Lipinski definition) is 3. The number of hydrogen-bond donors (Lipinski definition) is 0. The van der Waals surface area contributed by atoms with E-state index in [4.69, 9.17) is 0 Å². The molecule has 3 rings (SSSR count). The molecule has 0 N–H and O–H groups in total. The van der Waals surface area contributed by atoms with Gasteiger partial charge in [0.1, 0.15) is 5.82 Å². The summed E-state index contributed by atoms with van der Waals surface area (Å²) in [7, 11) is 2.08. The smallest absolute Gasteiger partial charge is 0.355 e. The number of nitrogens with zero attached hydrogens (tertiary/aromatic N) is 3. The Labute approximate surface area is 110 Å². The predicted molar refractivity (Wildman–Crippen MR) is 66.0 cm³/mol. The molecule has 0 bridgehead atoms. The van der Waals surface area contributed by atoms with Crippen molar-refractivity contribution in [3.8, 4) is 0 Å². The lowest BCUT2D eigenvalue weighted by Crippen LogP contribution is -2.32. The minimum absolute atomic E-state index is 0.442. The second kappa shape index (κ2) is 4.37. The standard InChI is InChI=1S/C13H16F3N3/c1-18-5-3-9-7-19(8-11(9)18)12-6-10(2-4-17-12)13(14,15)16/h2,4,6,9,11H,3,5,7-8H2,1H3/t9-,11+/m0/s1. The van der Waals surface area contributed by atoms with Gasteiger partial charge in [-0.25, -0.2) is 4.98 Å². The maximum atomic E-state index is 12.7. The van der Waals surface area contributed by atoms with Crippen LogP contribution in [-0.4, -0.2) is 42.6 Å². The number of rotatable bonds is 1. The van der Waals surface area contributed by atoms with Crippen LogP contribution < -0.4 is 4.90 Å². The highest BCUT2D eigenvalue weighted by atomic mass is 19.4. The van der Waals surface area contributed by atoms with Crippen molar-refractivity contribution < 1.29 is 13.2 Å². The van der Waals surface area contributed by atoms with Crippen LogP contribution in [0.15, 0.2) is 18.3 Å². The van der Waals surface area contributed by atoms with Gasteiger partial charge in [0.25, 0.3) is 0 Å². The maximum Gasteiger partial charge on any atom is 0.416 e. The van der Waals surface area contributed by atoms with E-state index in [0.29, 0.717) is 17.8 Å². The molecule has 0 aromatic carbocycles. The van der Waals surface area contributed by atoms with Gasteiger partial charge in [0.05, 0.1) is 5.56 Å². The van der Waals surface area contributed by atoms with Crippen molar-refractivity contribution in [2.75, 3.05) is 31.6 Å². The molecule has 0 saturated carbocycles. The molecule has 1 aromatic heterocycles. The lowest BCUT2D eigenvalue weighted by molar-refractivity contribution is -0.137. The molecular weight excluding hydrogens is 255 g/mol. The molecule has 0 unspecified atom stereocenters. The Morgan fingerprint density at radius 3 is 2.79 bits per heavy atom. The average molecular weight is 271 g/mol. The van der Waals surface area contributed by atoms with Crippen LogP contribution in [0.1, 0.15) is 12.0 Å². The summed E-state index contributed by atoms with van der Waals surface area (Å²) >= 11 is 0. The Bertz CT molecular complexity index is 474. The van der Waals surface area contributed by atoms with E-state index >= 15 is 0 Å². The summed E-state index contributed by atoms with van der Waals surface area (Å²) in [6.07, 6.45) is -1.93. The summed E-state index contributed by atoms with van der Waals surface area (Å²) in [4.78, 5) is 8.36. The quantitative estimate of drug-likeness (QED) is 0.781. The lowest BCUT2D eigenvalue weighted by atomic mass is 10.1. The number of pyridine rings is 1. The van der Waals surface area contributed by atoms with Gasteiger partial charge in [0, 0.05) is 25.3 Å². The van der Waals surface area contributed by atoms with Crippen LogP contribution in [0.4, 0.5) is 19.0 Å². The van der Waals surface area contributed by atoms with E-state index in [1.54, 1.807) is 0 Å². The lowest BCUT2D eigenvalue weighted by Gasteiger charge is -2.22. The molecule has 2 aliphatic rings. The van der Waals surface area contributed by atoms with Gasteiger partial charge in [-0.15, -0.1) is 0 Å². The van der Waals surface area contributed by atoms with Crippen LogP contribution in [0, 0.1) is 5.92 Å². The highest BCUT2D eigenvalue weighted by Gasteiger charge is 2.40. The first-order chi connectivity index (χ1) is 8.95. The molecule has 2 atom stereocenters. The minimum Gasteiger partial charge on any atom is -0.355 e. The van der Waals surface area contributed by atoms with E-state index in [9.17, 15) is 13.2 Å². The largest absolute Gasteiger partial charge is 0.416 e. The molecule has 6 heteroatoms. The Morgan fingerprint density at radius 1 is 1.32 bits per heavy atom. The van der Waals surface area contributed by atoms with Crippen molar-refractivity contribution >= 4 is 5.82 Å². The number of likely N-dealkylation sites (N-methyl/N-ethyl adjacent to an activating group) is 1. The highest BCUT2D eigenvalue weighted by molar-refractivity contribution is 5.44. The van der Waals surface area contributed by atoms with Crippen LogP contribution >= 0.6 is 0 Å². The second-order valence-corrected chi connectivity index (χ2v) is 5.40. The van der Waals surface area contributed by atoms with Crippen LogP contribution in [0.25, 0.3) is 0 Å². The zero-order valence-corrected chi connectivity index (χ0v) is 10.7. The van der Waals surface area contributed by atoms with E-state index in [1.165, 1.54) is 6.20 Å². The van der Waals surface area contributed by atoms with Crippen molar-refractivity contribution in [3.63, 3.8) is 0 Å². The van der Waals surface area contributed by atoms with E-state index in [2.05, 4.69) is 16.9 Å². The molecule has 1 aromatic rings. The summed E-state index contributed by atoms with van der Waals surface area (Å²) in [5.74, 6) is 0.999. The van der Waals surface area contributed by atoms with Gasteiger partial charge >= 0.3 is 6.18 Å². The molecule has 2 fully saturated rings. The van der Waals surface area contributed by atoms with Crippen LogP contribution in [0.2, 0.25) is 0 Å². The number of aromatic nitrogens is 1. The first-order valence-electron chi connectivity index (χ1n) is 6.43. The number of alkyl halides is 3. The van der Waals surface area contributed by atoms with Crippen LogP contribution in [-0.2, 0) is 6.18 Å². The number of halogens is 3. The molecule has 0 amide bonds. The SMILES string of the molecule is CN1CC[C@H]2CN(c3cc(C(F)(F)F)ccn3)C[C@H]21. The summed E-state index contributed by atoms with van der Waals surface area (Å²) in [6.45, 7) is 2.66. The Morgan fingerprint density at radius 2 is 2.11 bits per heavy atom. The molecule has 19 heavy (non-hydrogen) atoms. The molecule has 0 radical (unpaired) electrons. The minimum atomic E-state index is -4.30. The molecule has 2 aliphatic heterocycles. The summed E-state index contributed by atoms with van der Waals surface area (Å²) in [6, 6.07) is 2.63. The third kappa shape index (κ3) is 2.29. The van der Waals surface area contributed by atoms with Gasteiger partial charge in [0.15, 0.2) is 0 Å². The second-order valence-electron chi connectivity index (χ2n) is 5.40. The number of anilines is 1. The van der Waals surface area contributed by atoms with E-state index in [-0.39, 0.29) is 0 Å². The Kier molecular flexibility index (Phi) is 2.92. The normalized spacial score (nSPS) is 27.9. The molecule has 0 aliphatic carbocycles. The summed E-state index contributed by atoms with van der Waals surface area (Å²) in [5.41, 5.74) is -0.622. The summed E-state index contributed by atoms with van der Waals surface area (Å²) < 4.78 is 38.1. The van der Waals surface area contributed by atoms with Crippen molar-refractivity contribution in [1.82, 2.24) is 9.88 Å². The molecule has 3 nitrogen and oxygen atoms in total. The van der Waals surface area contributed by atoms with E-state index < -0.39 is 11.7 Å². The maximum absolute atomic E-state index is 12.7. The Balaban J connectivity index is 1.81. The monoisotopic (exact) mass is 271 g/mol.